The number of hydrogen-bond acceptors (Lipinski definition) is 3. The highest BCUT2D eigenvalue weighted by Crippen LogP contribution is 2.30. The van der Waals surface area contributed by atoms with Gasteiger partial charge in [0.25, 0.3) is 0 Å². The van der Waals surface area contributed by atoms with Crippen LogP contribution in [0.3, 0.4) is 0 Å². The number of phenolic OH excluding ortho intramolecular Hbond substituents is 2. The largest absolute Gasteiger partial charge is 0.504 e. The van der Waals surface area contributed by atoms with Gasteiger partial charge < -0.3 is 15.3 Å². The highest BCUT2D eigenvalue weighted by molar-refractivity contribution is 6.42. The standard InChI is InChI=1S/C15H10Cl2O4/c16-11-3-2-9(7-12(11)17)10(15(20)21)5-8-1-4-13(18)14(19)6-8/h1-7,18-19H,(H,20,21)/b10-5-. The third kappa shape index (κ3) is 3.48. The maximum absolute atomic E-state index is 11.4. The normalized spacial score (nSPS) is 11.4. The first-order valence-corrected chi connectivity index (χ1v) is 6.56. The minimum Gasteiger partial charge on any atom is -0.504 e. The molecule has 0 spiro atoms. The van der Waals surface area contributed by atoms with Crippen LogP contribution in [0.1, 0.15) is 11.1 Å². The second kappa shape index (κ2) is 6.08. The van der Waals surface area contributed by atoms with Crippen molar-refractivity contribution in [3.63, 3.8) is 0 Å². The molecule has 0 bridgehead atoms. The van der Waals surface area contributed by atoms with Gasteiger partial charge in [-0.15, -0.1) is 0 Å². The van der Waals surface area contributed by atoms with Crippen LogP contribution in [0.25, 0.3) is 11.6 Å². The molecule has 0 aliphatic carbocycles. The van der Waals surface area contributed by atoms with Gasteiger partial charge in [-0.1, -0.05) is 35.3 Å². The fourth-order valence-corrected chi connectivity index (χ4v) is 2.03. The van der Waals surface area contributed by atoms with Crippen LogP contribution in [0, 0.1) is 0 Å². The number of rotatable bonds is 3. The van der Waals surface area contributed by atoms with Gasteiger partial charge in [0.2, 0.25) is 0 Å². The molecule has 0 heterocycles. The number of aromatic hydroxyl groups is 2. The number of aliphatic carboxylic acids is 1. The molecule has 2 aromatic rings. The Kier molecular flexibility index (Phi) is 4.40. The van der Waals surface area contributed by atoms with E-state index in [1.165, 1.54) is 42.5 Å². The van der Waals surface area contributed by atoms with Gasteiger partial charge in [0, 0.05) is 0 Å². The van der Waals surface area contributed by atoms with Gasteiger partial charge in [0.15, 0.2) is 11.5 Å². The van der Waals surface area contributed by atoms with Gasteiger partial charge in [-0.2, -0.15) is 0 Å². The average molecular weight is 325 g/mol. The van der Waals surface area contributed by atoms with E-state index in [9.17, 15) is 20.1 Å². The summed E-state index contributed by atoms with van der Waals surface area (Å²) in [5.41, 5.74) is 0.789. The Morgan fingerprint density at radius 3 is 2.24 bits per heavy atom. The van der Waals surface area contributed by atoms with Crippen LogP contribution in [0.15, 0.2) is 36.4 Å². The average Bonchev–Trinajstić information content (AvgIpc) is 2.43. The number of carboxylic acids is 1. The van der Waals surface area contributed by atoms with Gasteiger partial charge in [0.1, 0.15) is 0 Å². The van der Waals surface area contributed by atoms with E-state index in [0.717, 1.165) is 0 Å². The molecule has 0 radical (unpaired) electrons. The smallest absolute Gasteiger partial charge is 0.336 e. The predicted molar refractivity (Wildman–Crippen MR) is 81.7 cm³/mol. The lowest BCUT2D eigenvalue weighted by molar-refractivity contribution is -0.130. The van der Waals surface area contributed by atoms with Crippen molar-refractivity contribution in [2.45, 2.75) is 0 Å². The molecule has 4 nitrogen and oxygen atoms in total. The van der Waals surface area contributed by atoms with E-state index in [-0.39, 0.29) is 22.1 Å². The number of hydrogen-bond donors (Lipinski definition) is 3. The summed E-state index contributed by atoms with van der Waals surface area (Å²) in [7, 11) is 0. The second-order valence-corrected chi connectivity index (χ2v) is 5.05. The lowest BCUT2D eigenvalue weighted by atomic mass is 10.0. The highest BCUT2D eigenvalue weighted by Gasteiger charge is 2.12. The summed E-state index contributed by atoms with van der Waals surface area (Å²) >= 11 is 11.7. The Morgan fingerprint density at radius 1 is 0.952 bits per heavy atom. The maximum Gasteiger partial charge on any atom is 0.336 e. The summed E-state index contributed by atoms with van der Waals surface area (Å²) in [5.74, 6) is -1.76. The molecule has 6 heteroatoms. The molecular formula is C15H10Cl2O4. The molecule has 0 unspecified atom stereocenters. The topological polar surface area (TPSA) is 77.8 Å². The van der Waals surface area contributed by atoms with Gasteiger partial charge in [-0.25, -0.2) is 4.79 Å². The minimum atomic E-state index is -1.15. The van der Waals surface area contributed by atoms with Crippen molar-refractivity contribution in [3.8, 4) is 11.5 Å². The van der Waals surface area contributed by atoms with Gasteiger partial charge in [-0.3, -0.25) is 0 Å². The number of benzene rings is 2. The van der Waals surface area contributed by atoms with Crippen molar-refractivity contribution in [1.82, 2.24) is 0 Å². The third-order valence-electron chi connectivity index (χ3n) is 2.77. The van der Waals surface area contributed by atoms with Crippen molar-refractivity contribution in [3.05, 3.63) is 57.6 Å². The lowest BCUT2D eigenvalue weighted by Gasteiger charge is -2.06. The van der Waals surface area contributed by atoms with E-state index >= 15 is 0 Å². The van der Waals surface area contributed by atoms with E-state index in [1.807, 2.05) is 0 Å². The monoisotopic (exact) mass is 324 g/mol. The Balaban J connectivity index is 2.51. The summed E-state index contributed by atoms with van der Waals surface area (Å²) in [4.78, 5) is 11.4. The molecule has 0 amide bonds. The Hall–Kier alpha value is -2.17. The van der Waals surface area contributed by atoms with Crippen molar-refractivity contribution in [2.75, 3.05) is 0 Å². The van der Waals surface area contributed by atoms with E-state index in [4.69, 9.17) is 23.2 Å². The van der Waals surface area contributed by atoms with E-state index in [1.54, 1.807) is 0 Å². The van der Waals surface area contributed by atoms with Crippen LogP contribution in [0.5, 0.6) is 11.5 Å². The number of phenols is 2. The second-order valence-electron chi connectivity index (χ2n) is 4.24. The van der Waals surface area contributed by atoms with Crippen LogP contribution in [0.2, 0.25) is 10.0 Å². The van der Waals surface area contributed by atoms with Gasteiger partial charge >= 0.3 is 5.97 Å². The zero-order valence-electron chi connectivity index (χ0n) is 10.5. The summed E-state index contributed by atoms with van der Waals surface area (Å²) < 4.78 is 0. The van der Waals surface area contributed by atoms with Crippen molar-refractivity contribution in [2.24, 2.45) is 0 Å². The molecule has 0 atom stereocenters. The minimum absolute atomic E-state index is 0.0151. The molecule has 0 aliphatic heterocycles. The number of carbonyl (C=O) groups is 1. The molecule has 2 rings (SSSR count). The van der Waals surface area contributed by atoms with Crippen LogP contribution in [0.4, 0.5) is 0 Å². The van der Waals surface area contributed by atoms with Crippen molar-refractivity contribution in [1.29, 1.82) is 0 Å². The van der Waals surface area contributed by atoms with E-state index in [0.29, 0.717) is 16.1 Å². The van der Waals surface area contributed by atoms with Crippen LogP contribution in [-0.2, 0) is 4.79 Å². The van der Waals surface area contributed by atoms with E-state index < -0.39 is 5.97 Å². The SMILES string of the molecule is O=C(O)/C(=C\c1ccc(O)c(O)c1)c1ccc(Cl)c(Cl)c1. The first-order valence-electron chi connectivity index (χ1n) is 5.81. The van der Waals surface area contributed by atoms with Crippen LogP contribution >= 0.6 is 23.2 Å². The Bertz CT molecular complexity index is 738. The molecule has 0 fully saturated rings. The van der Waals surface area contributed by atoms with Gasteiger partial charge in [-0.05, 0) is 41.5 Å². The quantitative estimate of drug-likeness (QED) is 0.452. The molecule has 0 aliphatic rings. The van der Waals surface area contributed by atoms with E-state index in [2.05, 4.69) is 0 Å². The molecule has 3 N–H and O–H groups in total. The zero-order chi connectivity index (χ0) is 15.6. The summed E-state index contributed by atoms with van der Waals surface area (Å²) in [5, 5.41) is 28.6. The van der Waals surface area contributed by atoms with Crippen LogP contribution < -0.4 is 0 Å². The predicted octanol–water partition coefficient (Wildman–Crippen LogP) is 4.03. The lowest BCUT2D eigenvalue weighted by Crippen LogP contribution is -1.99. The van der Waals surface area contributed by atoms with Crippen LogP contribution in [-0.4, -0.2) is 21.3 Å². The summed E-state index contributed by atoms with van der Waals surface area (Å²) in [6, 6.07) is 8.50. The Morgan fingerprint density at radius 2 is 1.67 bits per heavy atom. The molecule has 108 valence electrons. The number of carboxylic acid groups (broad SMARTS) is 1. The molecule has 0 saturated carbocycles. The first kappa shape index (κ1) is 15.2. The highest BCUT2D eigenvalue weighted by atomic mass is 35.5. The molecule has 21 heavy (non-hydrogen) atoms. The Labute approximate surface area is 130 Å². The third-order valence-corrected chi connectivity index (χ3v) is 3.51. The zero-order valence-corrected chi connectivity index (χ0v) is 12.1. The molecular weight excluding hydrogens is 315 g/mol. The maximum atomic E-state index is 11.4. The van der Waals surface area contributed by atoms with Crippen molar-refractivity contribution >= 4 is 40.8 Å². The van der Waals surface area contributed by atoms with Crippen molar-refractivity contribution < 1.29 is 20.1 Å². The molecule has 0 aromatic heterocycles. The summed E-state index contributed by atoms with van der Waals surface area (Å²) in [6.07, 6.45) is 1.36. The fourth-order valence-electron chi connectivity index (χ4n) is 1.73. The number of halogens is 2. The fraction of sp³-hybridized carbons (Fsp3) is 0. The molecule has 0 saturated heterocycles. The first-order chi connectivity index (χ1) is 9.88. The summed E-state index contributed by atoms with van der Waals surface area (Å²) in [6.45, 7) is 0. The molecule has 2 aromatic carbocycles. The van der Waals surface area contributed by atoms with Gasteiger partial charge in [0.05, 0.1) is 15.6 Å².